The van der Waals surface area contributed by atoms with Crippen LogP contribution in [0.15, 0.2) is 71.1 Å². The molecular weight excluding hydrogens is 388 g/mol. The van der Waals surface area contributed by atoms with Crippen molar-refractivity contribution in [3.63, 3.8) is 0 Å². The Balaban J connectivity index is 1.47. The summed E-state index contributed by atoms with van der Waals surface area (Å²) in [6.07, 6.45) is 0.275. The van der Waals surface area contributed by atoms with Gasteiger partial charge in [-0.15, -0.1) is 0 Å². The fourth-order valence-electron chi connectivity index (χ4n) is 3.01. The minimum Gasteiger partial charge on any atom is -0.494 e. The third-order valence-electron chi connectivity index (χ3n) is 4.34. The van der Waals surface area contributed by atoms with E-state index in [0.29, 0.717) is 34.3 Å². The molecule has 1 aromatic heterocycles. The van der Waals surface area contributed by atoms with E-state index in [1.165, 1.54) is 0 Å². The standard InChI is InChI=1S/C23H19ClN2O3/c1-2-28-19-9-6-15(7-10-19)12-22(27)25-18-8-11-21-20(14-18)26-23(29-21)16-4-3-5-17(24)13-16/h3-11,13-14H,2,12H2,1H3,(H,25,27). The zero-order valence-electron chi connectivity index (χ0n) is 15.8. The molecule has 1 heterocycles. The van der Waals surface area contributed by atoms with Crippen LogP contribution in [0.3, 0.4) is 0 Å². The summed E-state index contributed by atoms with van der Waals surface area (Å²) < 4.78 is 11.2. The fourth-order valence-corrected chi connectivity index (χ4v) is 3.20. The van der Waals surface area contributed by atoms with Gasteiger partial charge in [-0.25, -0.2) is 4.98 Å². The summed E-state index contributed by atoms with van der Waals surface area (Å²) in [5.74, 6) is 1.18. The molecule has 0 unspecified atom stereocenters. The lowest BCUT2D eigenvalue weighted by atomic mass is 10.1. The maximum atomic E-state index is 12.4. The van der Waals surface area contributed by atoms with Gasteiger partial charge in [0, 0.05) is 16.3 Å². The Morgan fingerprint density at radius 2 is 1.93 bits per heavy atom. The van der Waals surface area contributed by atoms with Crippen molar-refractivity contribution in [2.75, 3.05) is 11.9 Å². The summed E-state index contributed by atoms with van der Waals surface area (Å²) in [5.41, 5.74) is 3.69. The zero-order chi connectivity index (χ0) is 20.2. The summed E-state index contributed by atoms with van der Waals surface area (Å²) in [7, 11) is 0. The molecule has 0 radical (unpaired) electrons. The first-order valence-corrected chi connectivity index (χ1v) is 9.66. The lowest BCUT2D eigenvalue weighted by Crippen LogP contribution is -2.14. The molecule has 0 atom stereocenters. The Morgan fingerprint density at radius 1 is 1.10 bits per heavy atom. The van der Waals surface area contributed by atoms with Crippen LogP contribution in [0.4, 0.5) is 5.69 Å². The van der Waals surface area contributed by atoms with Crippen molar-refractivity contribution < 1.29 is 13.9 Å². The number of halogens is 1. The second kappa shape index (κ2) is 8.37. The molecule has 0 spiro atoms. The molecule has 146 valence electrons. The number of carbonyl (C=O) groups excluding carboxylic acids is 1. The Bertz CT molecular complexity index is 1150. The summed E-state index contributed by atoms with van der Waals surface area (Å²) >= 11 is 6.04. The number of fused-ring (bicyclic) bond motifs is 1. The third-order valence-corrected chi connectivity index (χ3v) is 4.58. The molecule has 0 saturated heterocycles. The molecule has 0 aliphatic rings. The van der Waals surface area contributed by atoms with Crippen molar-refractivity contribution in [1.29, 1.82) is 0 Å². The third kappa shape index (κ3) is 4.58. The highest BCUT2D eigenvalue weighted by atomic mass is 35.5. The molecule has 6 heteroatoms. The van der Waals surface area contributed by atoms with Crippen molar-refractivity contribution in [2.45, 2.75) is 13.3 Å². The number of hydrogen-bond donors (Lipinski definition) is 1. The molecule has 4 rings (SSSR count). The van der Waals surface area contributed by atoms with Crippen LogP contribution in [0.1, 0.15) is 12.5 Å². The quantitative estimate of drug-likeness (QED) is 0.444. The topological polar surface area (TPSA) is 64.4 Å². The molecule has 0 saturated carbocycles. The average molecular weight is 407 g/mol. The minimum absolute atomic E-state index is 0.105. The highest BCUT2D eigenvalue weighted by Crippen LogP contribution is 2.27. The van der Waals surface area contributed by atoms with Gasteiger partial charge in [0.25, 0.3) is 0 Å². The summed E-state index contributed by atoms with van der Waals surface area (Å²) in [4.78, 5) is 16.9. The molecule has 29 heavy (non-hydrogen) atoms. The Morgan fingerprint density at radius 3 is 2.69 bits per heavy atom. The smallest absolute Gasteiger partial charge is 0.228 e. The molecule has 0 fully saturated rings. The van der Waals surface area contributed by atoms with Gasteiger partial charge in [-0.1, -0.05) is 29.8 Å². The molecule has 5 nitrogen and oxygen atoms in total. The Labute approximate surface area is 173 Å². The number of nitrogens with zero attached hydrogens (tertiary/aromatic N) is 1. The predicted octanol–water partition coefficient (Wildman–Crippen LogP) is 5.73. The van der Waals surface area contributed by atoms with Gasteiger partial charge in [0.2, 0.25) is 11.8 Å². The number of benzene rings is 3. The van der Waals surface area contributed by atoms with E-state index >= 15 is 0 Å². The normalized spacial score (nSPS) is 10.8. The fraction of sp³-hybridized carbons (Fsp3) is 0.130. The van der Waals surface area contributed by atoms with Crippen LogP contribution in [0, 0.1) is 0 Å². The van der Waals surface area contributed by atoms with E-state index in [-0.39, 0.29) is 12.3 Å². The monoisotopic (exact) mass is 406 g/mol. The van der Waals surface area contributed by atoms with E-state index < -0.39 is 0 Å². The lowest BCUT2D eigenvalue weighted by molar-refractivity contribution is -0.115. The number of nitrogens with one attached hydrogen (secondary N) is 1. The van der Waals surface area contributed by atoms with Crippen molar-refractivity contribution in [2.24, 2.45) is 0 Å². The van der Waals surface area contributed by atoms with Gasteiger partial charge < -0.3 is 14.5 Å². The van der Waals surface area contributed by atoms with Gasteiger partial charge in [-0.05, 0) is 61.0 Å². The van der Waals surface area contributed by atoms with Gasteiger partial charge in [-0.3, -0.25) is 4.79 Å². The van der Waals surface area contributed by atoms with E-state index in [1.54, 1.807) is 30.3 Å². The first-order chi connectivity index (χ1) is 14.1. The molecule has 1 amide bonds. The number of ether oxygens (including phenoxy) is 1. The number of aromatic nitrogens is 1. The first kappa shape index (κ1) is 19.0. The van der Waals surface area contributed by atoms with Gasteiger partial charge in [0.1, 0.15) is 11.3 Å². The number of hydrogen-bond acceptors (Lipinski definition) is 4. The number of carbonyl (C=O) groups is 1. The highest BCUT2D eigenvalue weighted by molar-refractivity contribution is 6.30. The molecule has 0 aliphatic carbocycles. The minimum atomic E-state index is -0.105. The first-order valence-electron chi connectivity index (χ1n) is 9.29. The molecular formula is C23H19ClN2O3. The van der Waals surface area contributed by atoms with Crippen molar-refractivity contribution in [3.05, 3.63) is 77.3 Å². The van der Waals surface area contributed by atoms with Crippen LogP contribution < -0.4 is 10.1 Å². The van der Waals surface area contributed by atoms with Crippen LogP contribution in [0.25, 0.3) is 22.6 Å². The van der Waals surface area contributed by atoms with E-state index in [2.05, 4.69) is 10.3 Å². The Kier molecular flexibility index (Phi) is 5.49. The Hall–Kier alpha value is -3.31. The summed E-state index contributed by atoms with van der Waals surface area (Å²) in [5, 5.41) is 3.53. The zero-order valence-corrected chi connectivity index (χ0v) is 16.6. The van der Waals surface area contributed by atoms with Crippen LogP contribution in [-0.2, 0) is 11.2 Å². The number of amides is 1. The van der Waals surface area contributed by atoms with Crippen molar-refractivity contribution >= 4 is 34.3 Å². The van der Waals surface area contributed by atoms with Gasteiger partial charge in [-0.2, -0.15) is 0 Å². The largest absolute Gasteiger partial charge is 0.494 e. The van der Waals surface area contributed by atoms with E-state index in [1.807, 2.05) is 43.3 Å². The SMILES string of the molecule is CCOc1ccc(CC(=O)Nc2ccc3oc(-c4cccc(Cl)c4)nc3c2)cc1. The van der Waals surface area contributed by atoms with Crippen molar-refractivity contribution in [1.82, 2.24) is 4.98 Å². The number of rotatable bonds is 6. The maximum Gasteiger partial charge on any atom is 0.228 e. The number of anilines is 1. The summed E-state index contributed by atoms with van der Waals surface area (Å²) in [6.45, 7) is 2.55. The van der Waals surface area contributed by atoms with Gasteiger partial charge >= 0.3 is 0 Å². The molecule has 4 aromatic rings. The molecule has 0 aliphatic heterocycles. The average Bonchev–Trinajstić information content (AvgIpc) is 3.13. The second-order valence-electron chi connectivity index (χ2n) is 6.51. The van der Waals surface area contributed by atoms with Gasteiger partial charge in [0.05, 0.1) is 13.0 Å². The maximum absolute atomic E-state index is 12.4. The van der Waals surface area contributed by atoms with Gasteiger partial charge in [0.15, 0.2) is 5.58 Å². The van der Waals surface area contributed by atoms with Crippen molar-refractivity contribution in [3.8, 4) is 17.2 Å². The number of oxazole rings is 1. The molecule has 0 bridgehead atoms. The predicted molar refractivity (Wildman–Crippen MR) is 114 cm³/mol. The van der Waals surface area contributed by atoms with Crippen LogP contribution in [-0.4, -0.2) is 17.5 Å². The lowest BCUT2D eigenvalue weighted by Gasteiger charge is -2.06. The van der Waals surface area contributed by atoms with E-state index in [4.69, 9.17) is 20.8 Å². The summed E-state index contributed by atoms with van der Waals surface area (Å²) in [6, 6.07) is 20.2. The van der Waals surface area contributed by atoms with Crippen LogP contribution in [0.2, 0.25) is 5.02 Å². The van der Waals surface area contributed by atoms with E-state index in [0.717, 1.165) is 16.9 Å². The molecule has 1 N–H and O–H groups in total. The van der Waals surface area contributed by atoms with E-state index in [9.17, 15) is 4.79 Å². The second-order valence-corrected chi connectivity index (χ2v) is 6.95. The van der Waals surface area contributed by atoms with Crippen LogP contribution >= 0.6 is 11.6 Å². The highest BCUT2D eigenvalue weighted by Gasteiger charge is 2.11. The van der Waals surface area contributed by atoms with Crippen LogP contribution in [0.5, 0.6) is 5.75 Å². The molecule has 3 aromatic carbocycles.